The number of anilines is 1. The van der Waals surface area contributed by atoms with E-state index in [0.29, 0.717) is 16.1 Å². The normalized spacial score (nSPS) is 12.0. The van der Waals surface area contributed by atoms with E-state index in [9.17, 15) is 14.4 Å². The third-order valence-corrected chi connectivity index (χ3v) is 6.01. The molecule has 1 aromatic heterocycles. The van der Waals surface area contributed by atoms with Gasteiger partial charge in [-0.2, -0.15) is 0 Å². The van der Waals surface area contributed by atoms with E-state index in [-0.39, 0.29) is 24.3 Å². The molecule has 34 heavy (non-hydrogen) atoms. The molecular formula is C27H31N3O3S. The first-order valence-corrected chi connectivity index (χ1v) is 12.0. The zero-order chi connectivity index (χ0) is 24.9. The minimum atomic E-state index is -0.909. The number of carbonyl (C=O) groups excluding carboxylic acids is 3. The molecule has 2 aromatic carbocycles. The Morgan fingerprint density at radius 2 is 1.68 bits per heavy atom. The summed E-state index contributed by atoms with van der Waals surface area (Å²) in [5.41, 5.74) is 2.73. The van der Waals surface area contributed by atoms with Crippen molar-refractivity contribution in [3.05, 3.63) is 87.6 Å². The lowest BCUT2D eigenvalue weighted by Crippen LogP contribution is -2.51. The Kier molecular flexibility index (Phi) is 7.89. The summed E-state index contributed by atoms with van der Waals surface area (Å²) < 4.78 is 0. The molecule has 7 heteroatoms. The standard InChI is InChI=1S/C27H31N3O3S/c1-18-13-14-21(19(2)16-18)30(23(31)17-28-25(32)22-12-9-15-34-22)24(20-10-7-6-8-11-20)26(33)29-27(3,4)5/h6-16,24H,17H2,1-5H3,(H,28,32)(H,29,33)/t24-/m0/s1. The Balaban J connectivity index is 2.04. The minimum absolute atomic E-state index is 0.240. The Morgan fingerprint density at radius 3 is 2.26 bits per heavy atom. The highest BCUT2D eigenvalue weighted by Gasteiger charge is 2.35. The van der Waals surface area contributed by atoms with E-state index in [1.54, 1.807) is 17.5 Å². The van der Waals surface area contributed by atoms with Gasteiger partial charge in [0.05, 0.1) is 11.4 Å². The van der Waals surface area contributed by atoms with Crippen LogP contribution < -0.4 is 15.5 Å². The first kappa shape index (κ1) is 25.2. The van der Waals surface area contributed by atoms with Crippen molar-refractivity contribution in [3.63, 3.8) is 0 Å². The Labute approximate surface area is 205 Å². The first-order chi connectivity index (χ1) is 16.1. The fraction of sp³-hybridized carbons (Fsp3) is 0.296. The van der Waals surface area contributed by atoms with Crippen LogP contribution in [0, 0.1) is 13.8 Å². The topological polar surface area (TPSA) is 78.5 Å². The molecule has 0 saturated carbocycles. The predicted octanol–water partition coefficient (Wildman–Crippen LogP) is 4.78. The molecule has 2 N–H and O–H groups in total. The molecule has 0 saturated heterocycles. The molecule has 0 aliphatic heterocycles. The van der Waals surface area contributed by atoms with Crippen molar-refractivity contribution in [2.75, 3.05) is 11.4 Å². The van der Waals surface area contributed by atoms with Gasteiger partial charge in [0.25, 0.3) is 5.91 Å². The van der Waals surface area contributed by atoms with E-state index in [1.807, 2.05) is 83.1 Å². The van der Waals surface area contributed by atoms with Crippen LogP contribution >= 0.6 is 11.3 Å². The van der Waals surface area contributed by atoms with Gasteiger partial charge in [0.1, 0.15) is 6.04 Å². The highest BCUT2D eigenvalue weighted by atomic mass is 32.1. The SMILES string of the molecule is Cc1ccc(N(C(=O)CNC(=O)c2cccs2)[C@H](C(=O)NC(C)(C)C)c2ccccc2)c(C)c1. The summed E-state index contributed by atoms with van der Waals surface area (Å²) in [5.74, 6) is -0.995. The summed E-state index contributed by atoms with van der Waals surface area (Å²) in [6, 6.07) is 17.5. The molecule has 1 atom stereocenters. The van der Waals surface area contributed by atoms with Crippen molar-refractivity contribution >= 4 is 34.7 Å². The first-order valence-electron chi connectivity index (χ1n) is 11.1. The molecular weight excluding hydrogens is 446 g/mol. The number of aryl methyl sites for hydroxylation is 2. The predicted molar refractivity (Wildman–Crippen MR) is 137 cm³/mol. The number of hydrogen-bond donors (Lipinski definition) is 2. The molecule has 3 amide bonds. The number of nitrogens with zero attached hydrogens (tertiary/aromatic N) is 1. The average Bonchev–Trinajstić information content (AvgIpc) is 3.30. The summed E-state index contributed by atoms with van der Waals surface area (Å²) in [4.78, 5) is 41.8. The van der Waals surface area contributed by atoms with Crippen LogP contribution in [0.1, 0.15) is 53.2 Å². The number of rotatable bonds is 7. The Hall–Kier alpha value is -3.45. The number of amides is 3. The van der Waals surface area contributed by atoms with E-state index in [2.05, 4.69) is 10.6 Å². The zero-order valence-electron chi connectivity index (χ0n) is 20.2. The fourth-order valence-corrected chi connectivity index (χ4v) is 4.36. The molecule has 0 radical (unpaired) electrons. The second-order valence-corrected chi connectivity index (χ2v) is 10.2. The van der Waals surface area contributed by atoms with Gasteiger partial charge in [0.15, 0.2) is 0 Å². The van der Waals surface area contributed by atoms with Crippen LogP contribution in [0.4, 0.5) is 5.69 Å². The fourth-order valence-electron chi connectivity index (χ4n) is 3.72. The highest BCUT2D eigenvalue weighted by Crippen LogP contribution is 2.31. The smallest absolute Gasteiger partial charge is 0.261 e. The number of carbonyl (C=O) groups is 3. The second kappa shape index (κ2) is 10.7. The van der Waals surface area contributed by atoms with Crippen LogP contribution in [0.25, 0.3) is 0 Å². The van der Waals surface area contributed by atoms with Crippen molar-refractivity contribution in [2.45, 2.75) is 46.2 Å². The van der Waals surface area contributed by atoms with E-state index in [4.69, 9.17) is 0 Å². The van der Waals surface area contributed by atoms with Crippen LogP contribution in [0.2, 0.25) is 0 Å². The summed E-state index contributed by atoms with van der Waals surface area (Å²) in [6.07, 6.45) is 0. The van der Waals surface area contributed by atoms with Gasteiger partial charge in [-0.15, -0.1) is 11.3 Å². The van der Waals surface area contributed by atoms with Gasteiger partial charge in [-0.25, -0.2) is 0 Å². The van der Waals surface area contributed by atoms with Crippen molar-refractivity contribution in [2.24, 2.45) is 0 Å². The van der Waals surface area contributed by atoms with E-state index in [0.717, 1.165) is 11.1 Å². The molecule has 3 aromatic rings. The number of thiophene rings is 1. The van der Waals surface area contributed by atoms with Gasteiger partial charge in [0, 0.05) is 11.2 Å². The summed E-state index contributed by atoms with van der Waals surface area (Å²) >= 11 is 1.30. The minimum Gasteiger partial charge on any atom is -0.349 e. The van der Waals surface area contributed by atoms with Gasteiger partial charge >= 0.3 is 0 Å². The number of hydrogen-bond acceptors (Lipinski definition) is 4. The van der Waals surface area contributed by atoms with Crippen molar-refractivity contribution in [3.8, 4) is 0 Å². The maximum atomic E-state index is 13.7. The maximum absolute atomic E-state index is 13.7. The van der Waals surface area contributed by atoms with Crippen LogP contribution in [0.15, 0.2) is 66.0 Å². The molecule has 6 nitrogen and oxygen atoms in total. The number of nitrogens with one attached hydrogen (secondary N) is 2. The lowest BCUT2D eigenvalue weighted by Gasteiger charge is -2.34. The number of benzene rings is 2. The van der Waals surface area contributed by atoms with Gasteiger partial charge in [-0.1, -0.05) is 54.1 Å². The molecule has 1 heterocycles. The quantitative estimate of drug-likeness (QED) is 0.514. The van der Waals surface area contributed by atoms with E-state index < -0.39 is 11.6 Å². The van der Waals surface area contributed by atoms with Crippen LogP contribution in [-0.4, -0.2) is 29.8 Å². The van der Waals surface area contributed by atoms with Crippen molar-refractivity contribution in [1.29, 1.82) is 0 Å². The molecule has 0 spiro atoms. The molecule has 178 valence electrons. The average molecular weight is 478 g/mol. The van der Waals surface area contributed by atoms with Crippen LogP contribution in [-0.2, 0) is 9.59 Å². The Morgan fingerprint density at radius 1 is 0.971 bits per heavy atom. The Bertz CT molecular complexity index is 1150. The lowest BCUT2D eigenvalue weighted by molar-refractivity contribution is -0.127. The van der Waals surface area contributed by atoms with Gasteiger partial charge in [-0.3, -0.25) is 19.3 Å². The molecule has 3 rings (SSSR count). The van der Waals surface area contributed by atoms with Crippen LogP contribution in [0.5, 0.6) is 0 Å². The molecule has 0 unspecified atom stereocenters. The highest BCUT2D eigenvalue weighted by molar-refractivity contribution is 7.12. The largest absolute Gasteiger partial charge is 0.349 e. The summed E-state index contributed by atoms with van der Waals surface area (Å²) in [7, 11) is 0. The second-order valence-electron chi connectivity index (χ2n) is 9.27. The molecule has 0 bridgehead atoms. The molecule has 0 fully saturated rings. The zero-order valence-corrected chi connectivity index (χ0v) is 21.0. The third-order valence-electron chi connectivity index (χ3n) is 5.15. The van der Waals surface area contributed by atoms with Crippen molar-refractivity contribution < 1.29 is 14.4 Å². The molecule has 0 aliphatic rings. The lowest BCUT2D eigenvalue weighted by atomic mass is 9.99. The van der Waals surface area contributed by atoms with E-state index in [1.165, 1.54) is 16.2 Å². The summed E-state index contributed by atoms with van der Waals surface area (Å²) in [6.45, 7) is 9.35. The van der Waals surface area contributed by atoms with Crippen LogP contribution in [0.3, 0.4) is 0 Å². The van der Waals surface area contributed by atoms with Gasteiger partial charge in [-0.05, 0) is 63.3 Å². The monoisotopic (exact) mass is 477 g/mol. The third kappa shape index (κ3) is 6.32. The summed E-state index contributed by atoms with van der Waals surface area (Å²) in [5, 5.41) is 7.54. The van der Waals surface area contributed by atoms with Crippen molar-refractivity contribution in [1.82, 2.24) is 10.6 Å². The van der Waals surface area contributed by atoms with Gasteiger partial charge < -0.3 is 10.6 Å². The van der Waals surface area contributed by atoms with Gasteiger partial charge in [0.2, 0.25) is 11.8 Å². The van der Waals surface area contributed by atoms with E-state index >= 15 is 0 Å². The maximum Gasteiger partial charge on any atom is 0.261 e. The molecule has 0 aliphatic carbocycles.